The third-order valence-corrected chi connectivity index (χ3v) is 5.00. The molecule has 0 radical (unpaired) electrons. The maximum absolute atomic E-state index is 12.9. The van der Waals surface area contributed by atoms with Crippen LogP contribution in [0.4, 0.5) is 18.9 Å². The Labute approximate surface area is 175 Å². The van der Waals surface area contributed by atoms with Gasteiger partial charge in [-0.1, -0.05) is 25.8 Å². The number of H-pyrrole nitrogens is 1. The van der Waals surface area contributed by atoms with Gasteiger partial charge in [0.15, 0.2) is 4.77 Å². The molecule has 2 aromatic carbocycles. The van der Waals surface area contributed by atoms with E-state index in [2.05, 4.69) is 17.2 Å². The fourth-order valence-corrected chi connectivity index (χ4v) is 3.38. The first-order valence-electron chi connectivity index (χ1n) is 9.46. The first-order chi connectivity index (χ1) is 14.2. The number of carbonyl (C=O) groups excluding carboxylic acids is 1. The van der Waals surface area contributed by atoms with Crippen LogP contribution in [0.3, 0.4) is 0 Å². The van der Waals surface area contributed by atoms with E-state index in [1.165, 1.54) is 34.9 Å². The van der Waals surface area contributed by atoms with Crippen molar-refractivity contribution in [2.24, 2.45) is 0 Å². The first kappa shape index (κ1) is 21.8. The van der Waals surface area contributed by atoms with Gasteiger partial charge < -0.3 is 10.3 Å². The number of nitrogens with one attached hydrogen (secondary N) is 2. The Morgan fingerprint density at radius 3 is 2.63 bits per heavy atom. The zero-order chi connectivity index (χ0) is 21.9. The predicted octanol–water partition coefficient (Wildman–Crippen LogP) is 5.52. The number of benzene rings is 2. The van der Waals surface area contributed by atoms with E-state index >= 15 is 0 Å². The van der Waals surface area contributed by atoms with Crippen LogP contribution in [0.2, 0.25) is 0 Å². The van der Waals surface area contributed by atoms with Crippen LogP contribution in [0.25, 0.3) is 10.9 Å². The van der Waals surface area contributed by atoms with Gasteiger partial charge in [0.25, 0.3) is 11.5 Å². The van der Waals surface area contributed by atoms with Gasteiger partial charge in [0, 0.05) is 17.8 Å². The van der Waals surface area contributed by atoms with E-state index < -0.39 is 17.6 Å². The minimum atomic E-state index is -4.50. The molecule has 0 unspecified atom stereocenters. The number of alkyl halides is 3. The molecule has 0 aliphatic rings. The summed E-state index contributed by atoms with van der Waals surface area (Å²) in [7, 11) is 0. The van der Waals surface area contributed by atoms with Gasteiger partial charge in [-0.3, -0.25) is 14.2 Å². The summed E-state index contributed by atoms with van der Waals surface area (Å²) >= 11 is 5.28. The Morgan fingerprint density at radius 2 is 1.93 bits per heavy atom. The number of hydrogen-bond donors (Lipinski definition) is 2. The Morgan fingerprint density at radius 1 is 1.17 bits per heavy atom. The van der Waals surface area contributed by atoms with Crippen molar-refractivity contribution in [3.8, 4) is 0 Å². The van der Waals surface area contributed by atoms with Gasteiger partial charge in [0.1, 0.15) is 0 Å². The molecule has 0 saturated heterocycles. The predicted molar refractivity (Wildman–Crippen MR) is 112 cm³/mol. The summed E-state index contributed by atoms with van der Waals surface area (Å²) in [4.78, 5) is 28.2. The van der Waals surface area contributed by atoms with Crippen LogP contribution in [0.15, 0.2) is 47.3 Å². The molecule has 2 N–H and O–H groups in total. The fourth-order valence-electron chi connectivity index (χ4n) is 3.10. The molecule has 5 nitrogen and oxygen atoms in total. The van der Waals surface area contributed by atoms with Crippen molar-refractivity contribution < 1.29 is 18.0 Å². The second-order valence-corrected chi connectivity index (χ2v) is 7.27. The summed E-state index contributed by atoms with van der Waals surface area (Å²) in [5.74, 6) is -0.595. The summed E-state index contributed by atoms with van der Waals surface area (Å²) in [5.41, 5.74) is -0.488. The number of nitrogens with zero attached hydrogens (tertiary/aromatic N) is 1. The number of anilines is 1. The van der Waals surface area contributed by atoms with Crippen LogP contribution in [0, 0.1) is 4.77 Å². The molecule has 0 spiro atoms. The quantitative estimate of drug-likeness (QED) is 0.396. The molecule has 0 saturated carbocycles. The van der Waals surface area contributed by atoms with Gasteiger partial charge >= 0.3 is 6.18 Å². The maximum Gasteiger partial charge on any atom is 0.416 e. The first-order valence-corrected chi connectivity index (χ1v) is 9.87. The molecule has 158 valence electrons. The number of halogens is 3. The van der Waals surface area contributed by atoms with Crippen molar-refractivity contribution in [2.45, 2.75) is 38.9 Å². The normalized spacial score (nSPS) is 11.6. The monoisotopic (exact) mass is 435 g/mol. The number of aromatic nitrogens is 2. The minimum Gasteiger partial charge on any atom is -0.332 e. The van der Waals surface area contributed by atoms with Gasteiger partial charge in [-0.25, -0.2) is 0 Å². The van der Waals surface area contributed by atoms with E-state index in [-0.39, 0.29) is 21.6 Å². The Hall–Kier alpha value is -2.94. The zero-order valence-corrected chi connectivity index (χ0v) is 17.0. The lowest BCUT2D eigenvalue weighted by Gasteiger charge is -2.11. The van der Waals surface area contributed by atoms with Crippen LogP contribution in [0.5, 0.6) is 0 Å². The highest BCUT2D eigenvalue weighted by Gasteiger charge is 2.30. The smallest absolute Gasteiger partial charge is 0.332 e. The maximum atomic E-state index is 12.9. The van der Waals surface area contributed by atoms with Crippen LogP contribution in [0.1, 0.15) is 42.1 Å². The molecule has 3 aromatic rings. The lowest BCUT2D eigenvalue weighted by Crippen LogP contribution is -2.22. The summed E-state index contributed by atoms with van der Waals surface area (Å²) in [6.45, 7) is 2.57. The van der Waals surface area contributed by atoms with Gasteiger partial charge in [-0.2, -0.15) is 13.2 Å². The number of amides is 1. The fraction of sp³-hybridized carbons (Fsp3) is 0.286. The Balaban J connectivity index is 1.88. The van der Waals surface area contributed by atoms with Crippen LogP contribution >= 0.6 is 12.2 Å². The van der Waals surface area contributed by atoms with E-state index in [1.807, 2.05) is 0 Å². The molecule has 3 rings (SSSR count). The molecule has 0 fully saturated rings. The SMILES string of the molecule is CCCCCn1c(=S)[nH]c2cc(C(=O)Nc3cccc(C(F)(F)F)c3)ccc2c1=O. The average molecular weight is 435 g/mol. The Bertz CT molecular complexity index is 1200. The molecule has 1 amide bonds. The zero-order valence-electron chi connectivity index (χ0n) is 16.2. The number of carbonyl (C=O) groups is 1. The second kappa shape index (κ2) is 8.83. The number of hydrogen-bond acceptors (Lipinski definition) is 3. The van der Waals surface area contributed by atoms with Crippen molar-refractivity contribution in [3.63, 3.8) is 0 Å². The minimum absolute atomic E-state index is 0.0224. The molecule has 9 heteroatoms. The van der Waals surface area contributed by atoms with Crippen molar-refractivity contribution in [1.29, 1.82) is 0 Å². The van der Waals surface area contributed by atoms with Gasteiger partial charge in [0.05, 0.1) is 16.5 Å². The third-order valence-electron chi connectivity index (χ3n) is 4.68. The summed E-state index contributed by atoms with van der Waals surface area (Å²) < 4.78 is 40.3. The summed E-state index contributed by atoms with van der Waals surface area (Å²) in [6.07, 6.45) is -1.68. The number of rotatable bonds is 6. The van der Waals surface area contributed by atoms with Gasteiger partial charge in [-0.05, 0) is 55.0 Å². The number of unbranched alkanes of at least 4 members (excludes halogenated alkanes) is 2. The van der Waals surface area contributed by atoms with E-state index in [0.29, 0.717) is 17.4 Å². The average Bonchev–Trinajstić information content (AvgIpc) is 2.69. The molecule has 1 aromatic heterocycles. The van der Waals surface area contributed by atoms with Crippen molar-refractivity contribution in [3.05, 3.63) is 68.7 Å². The summed E-state index contributed by atoms with van der Waals surface area (Å²) in [6, 6.07) is 8.82. The molecular formula is C21H20F3N3O2S. The molecule has 0 atom stereocenters. The molecular weight excluding hydrogens is 415 g/mol. The van der Waals surface area contributed by atoms with E-state index in [0.717, 1.165) is 31.4 Å². The largest absolute Gasteiger partial charge is 0.416 e. The molecule has 0 bridgehead atoms. The second-order valence-electron chi connectivity index (χ2n) is 6.89. The van der Waals surface area contributed by atoms with Crippen LogP contribution in [-0.2, 0) is 12.7 Å². The van der Waals surface area contributed by atoms with E-state index in [9.17, 15) is 22.8 Å². The molecule has 0 aliphatic carbocycles. The number of aromatic amines is 1. The lowest BCUT2D eigenvalue weighted by molar-refractivity contribution is -0.137. The third kappa shape index (κ3) is 4.79. The highest BCUT2D eigenvalue weighted by Crippen LogP contribution is 2.30. The summed E-state index contributed by atoms with van der Waals surface area (Å²) in [5, 5.41) is 2.83. The lowest BCUT2D eigenvalue weighted by atomic mass is 10.1. The van der Waals surface area contributed by atoms with Crippen molar-refractivity contribution in [1.82, 2.24) is 9.55 Å². The molecule has 30 heavy (non-hydrogen) atoms. The highest BCUT2D eigenvalue weighted by molar-refractivity contribution is 7.71. The van der Waals surface area contributed by atoms with Crippen LogP contribution in [-0.4, -0.2) is 15.5 Å². The van der Waals surface area contributed by atoms with E-state index in [4.69, 9.17) is 12.2 Å². The van der Waals surface area contributed by atoms with Gasteiger partial charge in [0.2, 0.25) is 0 Å². The molecule has 0 aliphatic heterocycles. The van der Waals surface area contributed by atoms with Crippen molar-refractivity contribution in [2.75, 3.05) is 5.32 Å². The number of fused-ring (bicyclic) bond motifs is 1. The topological polar surface area (TPSA) is 66.9 Å². The standard InChI is InChI=1S/C21H20F3N3O2S/c1-2-3-4-10-27-19(29)16-9-8-13(11-17(16)26-20(27)30)18(28)25-15-7-5-6-14(12-15)21(22,23)24/h5-9,11-12H,2-4,10H2,1H3,(H,25,28)(H,26,30). The molecule has 1 heterocycles. The highest BCUT2D eigenvalue weighted by atomic mass is 32.1. The van der Waals surface area contributed by atoms with Crippen molar-refractivity contribution >= 4 is 34.7 Å². The van der Waals surface area contributed by atoms with E-state index in [1.54, 1.807) is 0 Å². The Kier molecular flexibility index (Phi) is 6.40. The van der Waals surface area contributed by atoms with Crippen LogP contribution < -0.4 is 10.9 Å². The van der Waals surface area contributed by atoms with Gasteiger partial charge in [-0.15, -0.1) is 0 Å².